The van der Waals surface area contributed by atoms with Crippen molar-refractivity contribution in [3.8, 4) is 0 Å². The number of hydrogen-bond acceptors (Lipinski definition) is 8. The zero-order valence-electron chi connectivity index (χ0n) is 25.6. The van der Waals surface area contributed by atoms with Gasteiger partial charge in [-0.05, 0) is 38.3 Å². The summed E-state index contributed by atoms with van der Waals surface area (Å²) >= 11 is 0. The molecule has 2 aliphatic carbocycles. The summed E-state index contributed by atoms with van der Waals surface area (Å²) in [5.41, 5.74) is 1.16. The third-order valence-electron chi connectivity index (χ3n) is 6.29. The van der Waals surface area contributed by atoms with Crippen molar-refractivity contribution >= 4 is 17.5 Å². The molecule has 1 fully saturated rings. The van der Waals surface area contributed by atoms with Gasteiger partial charge in [0, 0.05) is 63.1 Å². The molecular formula is C31H50N6O2. The van der Waals surface area contributed by atoms with E-state index in [-0.39, 0.29) is 0 Å². The molecule has 1 aliphatic heterocycles. The lowest BCUT2D eigenvalue weighted by molar-refractivity contribution is 0.0707. The van der Waals surface area contributed by atoms with Crippen LogP contribution in [0.2, 0.25) is 0 Å². The summed E-state index contributed by atoms with van der Waals surface area (Å²) in [4.78, 5) is 17.6. The number of fused-ring (bicyclic) bond motifs is 2. The molecule has 3 aliphatic rings. The molecule has 0 bridgehead atoms. The van der Waals surface area contributed by atoms with Crippen LogP contribution in [-0.2, 0) is 9.47 Å². The van der Waals surface area contributed by atoms with Gasteiger partial charge in [0.15, 0.2) is 5.76 Å². The Balaban J connectivity index is 0.000000260. The second kappa shape index (κ2) is 16.6. The molecule has 39 heavy (non-hydrogen) atoms. The summed E-state index contributed by atoms with van der Waals surface area (Å²) in [6, 6.07) is 8.07. The van der Waals surface area contributed by atoms with Crippen LogP contribution in [0, 0.1) is 18.8 Å². The summed E-state index contributed by atoms with van der Waals surface area (Å²) in [5.74, 6) is 6.47. The van der Waals surface area contributed by atoms with E-state index in [0.717, 1.165) is 60.0 Å². The van der Waals surface area contributed by atoms with Crippen molar-refractivity contribution in [3.05, 3.63) is 59.6 Å². The molecule has 2 unspecified atom stereocenters. The minimum atomic E-state index is 0.342. The van der Waals surface area contributed by atoms with Gasteiger partial charge < -0.3 is 24.6 Å². The number of aryl methyl sites for hydroxylation is 1. The molecule has 8 nitrogen and oxygen atoms in total. The zero-order chi connectivity index (χ0) is 28.8. The summed E-state index contributed by atoms with van der Waals surface area (Å²) in [5, 5.41) is 3.43. The Bertz CT molecular complexity index is 1050. The van der Waals surface area contributed by atoms with Crippen LogP contribution in [0.15, 0.2) is 53.8 Å². The number of unbranched alkanes of at least 4 members (excludes halogenated alkanes) is 1. The lowest BCUT2D eigenvalue weighted by Gasteiger charge is -2.22. The highest BCUT2D eigenvalue weighted by Crippen LogP contribution is 2.54. The molecule has 0 saturated heterocycles. The van der Waals surface area contributed by atoms with E-state index in [4.69, 9.17) is 9.47 Å². The Labute approximate surface area is 236 Å². The molecule has 0 amide bonds. The zero-order valence-corrected chi connectivity index (χ0v) is 25.6. The molecule has 2 aromatic rings. The lowest BCUT2D eigenvalue weighted by atomic mass is 10.1. The van der Waals surface area contributed by atoms with Crippen LogP contribution in [0.25, 0.3) is 0 Å². The second-order valence-corrected chi connectivity index (χ2v) is 9.39. The van der Waals surface area contributed by atoms with Crippen molar-refractivity contribution in [2.24, 2.45) is 11.8 Å². The quantitative estimate of drug-likeness (QED) is 0.360. The number of nitrogens with zero attached hydrogens (tertiary/aromatic N) is 5. The molecular weight excluding hydrogens is 488 g/mol. The smallest absolute Gasteiger partial charge is 0.230 e. The second-order valence-electron chi connectivity index (χ2n) is 9.39. The molecule has 5 rings (SSSR count). The Morgan fingerprint density at radius 3 is 2.36 bits per heavy atom. The maximum absolute atomic E-state index is 5.53. The average molecular weight is 539 g/mol. The highest BCUT2D eigenvalue weighted by atomic mass is 16.7. The summed E-state index contributed by atoms with van der Waals surface area (Å²) in [7, 11) is 3.95. The number of anilines is 3. The third-order valence-corrected chi connectivity index (χ3v) is 6.29. The van der Waals surface area contributed by atoms with Crippen molar-refractivity contribution in [2.45, 2.75) is 74.1 Å². The van der Waals surface area contributed by atoms with E-state index in [0.29, 0.717) is 18.6 Å². The Kier molecular flexibility index (Phi) is 13.6. The first-order valence-electron chi connectivity index (χ1n) is 14.7. The number of pyridine rings is 1. The molecule has 216 valence electrons. The highest BCUT2D eigenvalue weighted by Gasteiger charge is 2.49. The van der Waals surface area contributed by atoms with Gasteiger partial charge in [-0.25, -0.2) is 15.0 Å². The fourth-order valence-electron chi connectivity index (χ4n) is 4.40. The predicted octanol–water partition coefficient (Wildman–Crippen LogP) is 7.16. The summed E-state index contributed by atoms with van der Waals surface area (Å²) in [6.45, 7) is 16.9. The van der Waals surface area contributed by atoms with E-state index in [1.165, 1.54) is 19.3 Å². The van der Waals surface area contributed by atoms with Crippen LogP contribution in [0.5, 0.6) is 0 Å². The van der Waals surface area contributed by atoms with Crippen molar-refractivity contribution in [2.75, 3.05) is 49.1 Å². The van der Waals surface area contributed by atoms with Crippen molar-refractivity contribution in [1.82, 2.24) is 15.0 Å². The van der Waals surface area contributed by atoms with Gasteiger partial charge in [0.2, 0.25) is 6.79 Å². The standard InChI is InChI=1S/C15H18N4O2.C12H20N2.2C2H6/c1-8-16-13(6-14(17-8)19(2)3)18-11-5-12-15(21-7-20-12)10-4-9(10)11;1-3-5-11-14(10-4-2)12-8-6-7-9-13-12;2*1-2/h5-6,9-10H,4,7H2,1-3H3,(H,16,17,18);6-9H,3-5,10-11H2,1-2H3;2*1-2H3. The van der Waals surface area contributed by atoms with Crippen LogP contribution >= 0.6 is 0 Å². The van der Waals surface area contributed by atoms with Gasteiger partial charge in [-0.15, -0.1) is 0 Å². The number of aromatic nitrogens is 3. The first-order chi connectivity index (χ1) is 19.0. The Morgan fingerprint density at radius 1 is 0.949 bits per heavy atom. The van der Waals surface area contributed by atoms with E-state index in [2.05, 4.69) is 51.1 Å². The number of nitrogens with one attached hydrogen (secondary N) is 1. The van der Waals surface area contributed by atoms with E-state index in [1.54, 1.807) is 0 Å². The van der Waals surface area contributed by atoms with E-state index in [9.17, 15) is 0 Å². The van der Waals surface area contributed by atoms with Gasteiger partial charge in [0.1, 0.15) is 29.0 Å². The van der Waals surface area contributed by atoms with Crippen LogP contribution in [0.4, 0.5) is 17.5 Å². The van der Waals surface area contributed by atoms with Gasteiger partial charge in [0.25, 0.3) is 0 Å². The number of rotatable bonds is 9. The molecule has 0 radical (unpaired) electrons. The van der Waals surface area contributed by atoms with Crippen LogP contribution in [0.1, 0.15) is 73.1 Å². The first kappa shape index (κ1) is 31.9. The van der Waals surface area contributed by atoms with E-state index < -0.39 is 0 Å². The molecule has 1 saturated carbocycles. The largest absolute Gasteiger partial charge is 0.458 e. The van der Waals surface area contributed by atoms with Gasteiger partial charge in [-0.2, -0.15) is 0 Å². The summed E-state index contributed by atoms with van der Waals surface area (Å²) in [6.07, 6.45) is 8.70. The maximum atomic E-state index is 5.53. The maximum Gasteiger partial charge on any atom is 0.230 e. The van der Waals surface area contributed by atoms with Gasteiger partial charge in [-0.1, -0.05) is 54.0 Å². The summed E-state index contributed by atoms with van der Waals surface area (Å²) < 4.78 is 11.0. The van der Waals surface area contributed by atoms with Crippen molar-refractivity contribution in [3.63, 3.8) is 0 Å². The minimum Gasteiger partial charge on any atom is -0.458 e. The average Bonchev–Trinajstić information content (AvgIpc) is 3.64. The number of hydrogen-bond donors (Lipinski definition) is 1. The van der Waals surface area contributed by atoms with Gasteiger partial charge in [-0.3, -0.25) is 0 Å². The van der Waals surface area contributed by atoms with Crippen molar-refractivity contribution < 1.29 is 9.47 Å². The first-order valence-corrected chi connectivity index (χ1v) is 14.7. The highest BCUT2D eigenvalue weighted by molar-refractivity contribution is 5.54. The topological polar surface area (TPSA) is 75.6 Å². The number of ether oxygens (including phenoxy) is 2. The minimum absolute atomic E-state index is 0.342. The predicted molar refractivity (Wildman–Crippen MR) is 163 cm³/mol. The number of allylic oxidation sites excluding steroid dienone is 3. The van der Waals surface area contributed by atoms with E-state index >= 15 is 0 Å². The van der Waals surface area contributed by atoms with Gasteiger partial charge >= 0.3 is 0 Å². The van der Waals surface area contributed by atoms with Gasteiger partial charge in [0.05, 0.1) is 0 Å². The Morgan fingerprint density at radius 2 is 1.72 bits per heavy atom. The van der Waals surface area contributed by atoms with E-state index in [1.807, 2.05) is 78.0 Å². The molecule has 8 heteroatoms. The molecule has 2 aromatic heterocycles. The fourth-order valence-corrected chi connectivity index (χ4v) is 4.40. The normalized spacial score (nSPS) is 17.6. The molecule has 2 atom stereocenters. The van der Waals surface area contributed by atoms with Crippen LogP contribution in [-0.4, -0.2) is 48.9 Å². The van der Waals surface area contributed by atoms with Crippen LogP contribution in [0.3, 0.4) is 0 Å². The SMILES string of the molecule is CC.CC.CCCCN(CCC)c1ccccn1.Cc1nc(NC2=CC3=C(OCO3)C3CC23)cc(N(C)C)n1. The van der Waals surface area contributed by atoms with Crippen LogP contribution < -0.4 is 15.1 Å². The molecule has 3 heterocycles. The lowest BCUT2D eigenvalue weighted by Crippen LogP contribution is -2.25. The molecule has 0 spiro atoms. The molecule has 0 aromatic carbocycles. The molecule has 1 N–H and O–H groups in total. The Hall–Kier alpha value is -3.29. The third kappa shape index (κ3) is 9.15. The fraction of sp³-hybridized carbons (Fsp3) is 0.581. The monoisotopic (exact) mass is 538 g/mol. The van der Waals surface area contributed by atoms with Crippen molar-refractivity contribution in [1.29, 1.82) is 0 Å².